The molecule has 2 heterocycles. The number of nitrogens with one attached hydrogen (secondary N) is 1. The molecule has 0 unspecified atom stereocenters. The SMILES string of the molecule is O=C(NCc1ccc(Oc2ccc(F)cc2)nc1)c1ccc([N+](=O)[O-])s1. The minimum Gasteiger partial charge on any atom is -0.439 e. The summed E-state index contributed by atoms with van der Waals surface area (Å²) >= 11 is 0.815. The molecule has 3 rings (SSSR count). The van der Waals surface area contributed by atoms with E-state index in [9.17, 15) is 19.3 Å². The quantitative estimate of drug-likeness (QED) is 0.522. The van der Waals surface area contributed by atoms with E-state index in [1.165, 1.54) is 42.6 Å². The highest BCUT2D eigenvalue weighted by Gasteiger charge is 2.14. The van der Waals surface area contributed by atoms with E-state index in [1.54, 1.807) is 12.1 Å². The summed E-state index contributed by atoms with van der Waals surface area (Å²) in [7, 11) is 0. The fourth-order valence-corrected chi connectivity index (χ4v) is 2.75. The minimum atomic E-state index is -0.536. The molecule has 0 atom stereocenters. The Kier molecular flexibility index (Phi) is 5.18. The van der Waals surface area contributed by atoms with E-state index in [0.717, 1.165) is 16.9 Å². The van der Waals surface area contributed by atoms with Crippen LogP contribution in [0.15, 0.2) is 54.7 Å². The van der Waals surface area contributed by atoms with Crippen LogP contribution in [0.5, 0.6) is 11.6 Å². The Morgan fingerprint density at radius 2 is 1.96 bits per heavy atom. The van der Waals surface area contributed by atoms with Gasteiger partial charge in [-0.3, -0.25) is 14.9 Å². The molecule has 0 radical (unpaired) electrons. The monoisotopic (exact) mass is 373 g/mol. The van der Waals surface area contributed by atoms with E-state index < -0.39 is 10.8 Å². The highest BCUT2D eigenvalue weighted by Crippen LogP contribution is 2.24. The van der Waals surface area contributed by atoms with Crippen LogP contribution in [0.25, 0.3) is 0 Å². The van der Waals surface area contributed by atoms with Crippen LogP contribution in [0, 0.1) is 15.9 Å². The van der Waals surface area contributed by atoms with Crippen LogP contribution in [0.1, 0.15) is 15.2 Å². The Morgan fingerprint density at radius 3 is 2.58 bits per heavy atom. The molecule has 9 heteroatoms. The Bertz CT molecular complexity index is 926. The zero-order valence-corrected chi connectivity index (χ0v) is 14.0. The molecule has 2 aromatic heterocycles. The van der Waals surface area contributed by atoms with Gasteiger partial charge in [-0.1, -0.05) is 17.4 Å². The van der Waals surface area contributed by atoms with Crippen LogP contribution < -0.4 is 10.1 Å². The van der Waals surface area contributed by atoms with Crippen LogP contribution >= 0.6 is 11.3 Å². The van der Waals surface area contributed by atoms with E-state index in [2.05, 4.69) is 10.3 Å². The van der Waals surface area contributed by atoms with Crippen molar-refractivity contribution in [2.45, 2.75) is 6.54 Å². The van der Waals surface area contributed by atoms with Gasteiger partial charge >= 0.3 is 5.00 Å². The number of carbonyl (C=O) groups excluding carboxylic acids is 1. The first-order chi connectivity index (χ1) is 12.5. The van der Waals surface area contributed by atoms with Gasteiger partial charge in [-0.15, -0.1) is 0 Å². The Balaban J connectivity index is 1.56. The Morgan fingerprint density at radius 1 is 1.19 bits per heavy atom. The summed E-state index contributed by atoms with van der Waals surface area (Å²) in [5.41, 5.74) is 0.732. The summed E-state index contributed by atoms with van der Waals surface area (Å²) in [5, 5.41) is 13.2. The number of amides is 1. The van der Waals surface area contributed by atoms with Gasteiger partial charge in [0.15, 0.2) is 0 Å². The third-order valence-corrected chi connectivity index (χ3v) is 4.32. The number of ether oxygens (including phenoxy) is 1. The molecule has 26 heavy (non-hydrogen) atoms. The predicted octanol–water partition coefficient (Wildman–Crippen LogP) is 3.91. The molecule has 0 saturated heterocycles. The van der Waals surface area contributed by atoms with E-state index in [0.29, 0.717) is 11.6 Å². The largest absolute Gasteiger partial charge is 0.439 e. The van der Waals surface area contributed by atoms with E-state index in [1.807, 2.05) is 0 Å². The first-order valence-corrected chi connectivity index (χ1v) is 8.24. The zero-order chi connectivity index (χ0) is 18.5. The summed E-state index contributed by atoms with van der Waals surface area (Å²) < 4.78 is 18.3. The van der Waals surface area contributed by atoms with Crippen LogP contribution in [0.4, 0.5) is 9.39 Å². The molecular weight excluding hydrogens is 361 g/mol. The van der Waals surface area contributed by atoms with Crippen LogP contribution in [0.2, 0.25) is 0 Å². The summed E-state index contributed by atoms with van der Waals surface area (Å²) in [6.07, 6.45) is 1.54. The predicted molar refractivity (Wildman–Crippen MR) is 92.9 cm³/mol. The van der Waals surface area contributed by atoms with Gasteiger partial charge in [0.1, 0.15) is 11.6 Å². The third kappa shape index (κ3) is 4.39. The van der Waals surface area contributed by atoms with Gasteiger partial charge in [-0.05, 0) is 35.9 Å². The Labute approximate surface area is 151 Å². The molecule has 0 fully saturated rings. The summed E-state index contributed by atoms with van der Waals surface area (Å²) in [5.74, 6) is 0.0435. The van der Waals surface area contributed by atoms with Crippen molar-refractivity contribution in [1.29, 1.82) is 0 Å². The van der Waals surface area contributed by atoms with Gasteiger partial charge in [-0.2, -0.15) is 0 Å². The number of pyridine rings is 1. The van der Waals surface area contributed by atoms with Crippen molar-refractivity contribution in [3.63, 3.8) is 0 Å². The second-order valence-electron chi connectivity index (χ2n) is 5.14. The summed E-state index contributed by atoms with van der Waals surface area (Å²) in [6, 6.07) is 11.6. The lowest BCUT2D eigenvalue weighted by atomic mass is 10.3. The number of hydrogen-bond acceptors (Lipinski definition) is 6. The second-order valence-corrected chi connectivity index (χ2v) is 6.20. The number of benzene rings is 1. The molecule has 132 valence electrons. The topological polar surface area (TPSA) is 94.4 Å². The van der Waals surface area contributed by atoms with Gasteiger partial charge in [0.05, 0.1) is 9.80 Å². The van der Waals surface area contributed by atoms with Crippen molar-refractivity contribution in [3.05, 3.63) is 81.1 Å². The Hall–Kier alpha value is -3.33. The summed E-state index contributed by atoms with van der Waals surface area (Å²) in [6.45, 7) is 0.217. The van der Waals surface area contributed by atoms with E-state index in [-0.39, 0.29) is 22.2 Å². The van der Waals surface area contributed by atoms with Gasteiger partial charge < -0.3 is 10.1 Å². The first kappa shape index (κ1) is 17.5. The molecule has 1 aromatic carbocycles. The number of thiophene rings is 1. The standard InChI is InChI=1S/C17H12FN3O4S/c18-12-2-4-13(5-3-12)25-15-7-1-11(9-19-15)10-20-17(22)14-6-8-16(26-14)21(23)24/h1-9H,10H2,(H,20,22). The first-order valence-electron chi connectivity index (χ1n) is 7.42. The molecule has 3 aromatic rings. The molecule has 0 aliphatic heterocycles. The smallest absolute Gasteiger partial charge is 0.324 e. The van der Waals surface area contributed by atoms with E-state index in [4.69, 9.17) is 4.74 Å². The highest BCUT2D eigenvalue weighted by molar-refractivity contribution is 7.17. The zero-order valence-electron chi connectivity index (χ0n) is 13.2. The van der Waals surface area contributed by atoms with Crippen molar-refractivity contribution >= 4 is 22.2 Å². The molecule has 7 nitrogen and oxygen atoms in total. The number of aromatic nitrogens is 1. The van der Waals surface area contributed by atoms with Gasteiger partial charge in [-0.25, -0.2) is 9.37 Å². The summed E-state index contributed by atoms with van der Waals surface area (Å²) in [4.78, 5) is 26.5. The number of nitrogens with zero attached hydrogens (tertiary/aromatic N) is 2. The number of rotatable bonds is 6. The third-order valence-electron chi connectivity index (χ3n) is 3.28. The average molecular weight is 373 g/mol. The number of hydrogen-bond donors (Lipinski definition) is 1. The maximum absolute atomic E-state index is 12.9. The maximum Gasteiger partial charge on any atom is 0.324 e. The lowest BCUT2D eigenvalue weighted by Gasteiger charge is -2.06. The molecule has 0 bridgehead atoms. The second kappa shape index (κ2) is 7.70. The highest BCUT2D eigenvalue weighted by atomic mass is 32.1. The van der Waals surface area contributed by atoms with Crippen molar-refractivity contribution in [2.75, 3.05) is 0 Å². The molecule has 0 saturated carbocycles. The number of carbonyl (C=O) groups is 1. The molecule has 0 spiro atoms. The maximum atomic E-state index is 12.9. The normalized spacial score (nSPS) is 10.3. The van der Waals surface area contributed by atoms with Crippen molar-refractivity contribution < 1.29 is 18.8 Å². The fraction of sp³-hybridized carbons (Fsp3) is 0.0588. The molecular formula is C17H12FN3O4S. The number of halogens is 1. The van der Waals surface area contributed by atoms with Crippen molar-refractivity contribution in [2.24, 2.45) is 0 Å². The van der Waals surface area contributed by atoms with Crippen molar-refractivity contribution in [3.8, 4) is 11.6 Å². The van der Waals surface area contributed by atoms with Gasteiger partial charge in [0.25, 0.3) is 5.91 Å². The molecule has 0 aliphatic carbocycles. The van der Waals surface area contributed by atoms with Crippen LogP contribution in [0.3, 0.4) is 0 Å². The van der Waals surface area contributed by atoms with Crippen LogP contribution in [-0.4, -0.2) is 15.8 Å². The van der Waals surface area contributed by atoms with E-state index >= 15 is 0 Å². The molecule has 1 amide bonds. The average Bonchev–Trinajstić information content (AvgIpc) is 3.13. The van der Waals surface area contributed by atoms with Gasteiger partial charge in [0.2, 0.25) is 5.88 Å². The number of nitro groups is 1. The molecule has 0 aliphatic rings. The lowest BCUT2D eigenvalue weighted by molar-refractivity contribution is -0.380. The fourth-order valence-electron chi connectivity index (χ4n) is 2.02. The lowest BCUT2D eigenvalue weighted by Crippen LogP contribution is -2.21. The van der Waals surface area contributed by atoms with Crippen LogP contribution in [-0.2, 0) is 6.54 Å². The van der Waals surface area contributed by atoms with Crippen molar-refractivity contribution in [1.82, 2.24) is 10.3 Å². The van der Waals surface area contributed by atoms with Gasteiger partial charge in [0, 0.05) is 24.9 Å². The minimum absolute atomic E-state index is 0.0842. The molecule has 1 N–H and O–H groups in total.